The van der Waals surface area contributed by atoms with Crippen LogP contribution in [0.5, 0.6) is 0 Å². The van der Waals surface area contributed by atoms with E-state index in [0.29, 0.717) is 31.9 Å². The third-order valence-electron chi connectivity index (χ3n) is 5.24. The summed E-state index contributed by atoms with van der Waals surface area (Å²) < 4.78 is 0. The van der Waals surface area contributed by atoms with E-state index in [0.717, 1.165) is 11.1 Å². The van der Waals surface area contributed by atoms with Gasteiger partial charge in [-0.3, -0.25) is 0 Å². The summed E-state index contributed by atoms with van der Waals surface area (Å²) in [5.41, 5.74) is 4.43. The zero-order valence-electron chi connectivity index (χ0n) is 13.4. The van der Waals surface area contributed by atoms with Gasteiger partial charge in [0.1, 0.15) is 0 Å². The maximum Gasteiger partial charge on any atom is 0.0493 e. The lowest BCUT2D eigenvalue weighted by Gasteiger charge is -2.19. The Morgan fingerprint density at radius 2 is 1.00 bits per heavy atom. The van der Waals surface area contributed by atoms with Gasteiger partial charge < -0.3 is 0 Å². The molecule has 25 heavy (non-hydrogen) atoms. The molecule has 0 nitrogen and oxygen atoms in total. The fraction of sp³-hybridized carbons (Fsp3) is 0.238. The van der Waals surface area contributed by atoms with Gasteiger partial charge in [-0.1, -0.05) is 58.5 Å². The Bertz CT molecular complexity index is 781. The van der Waals surface area contributed by atoms with Gasteiger partial charge in [0.15, 0.2) is 0 Å². The van der Waals surface area contributed by atoms with Crippen LogP contribution in [0.4, 0.5) is 0 Å². The van der Waals surface area contributed by atoms with E-state index >= 15 is 0 Å². The minimum absolute atomic E-state index is 0.560. The molecule has 2 bridgehead atoms. The second-order valence-electron chi connectivity index (χ2n) is 6.68. The summed E-state index contributed by atoms with van der Waals surface area (Å²) in [7, 11) is 0. The Kier molecular flexibility index (Phi) is 4.90. The van der Waals surface area contributed by atoms with E-state index in [1.165, 1.54) is 30.4 Å². The molecular formula is C21H16Cl4. The molecule has 2 aliphatic carbocycles. The fourth-order valence-electron chi connectivity index (χ4n) is 4.03. The predicted molar refractivity (Wildman–Crippen MR) is 110 cm³/mol. The van der Waals surface area contributed by atoms with Crippen molar-refractivity contribution in [1.29, 1.82) is 0 Å². The second kappa shape index (κ2) is 7.00. The molecule has 0 aromatic heterocycles. The van der Waals surface area contributed by atoms with Crippen molar-refractivity contribution >= 4 is 58.6 Å². The molecule has 2 aromatic carbocycles. The lowest BCUT2D eigenvalue weighted by atomic mass is 9.87. The molecule has 0 heterocycles. The predicted octanol–water partition coefficient (Wildman–Crippen LogP) is 8.20. The first kappa shape index (κ1) is 17.5. The van der Waals surface area contributed by atoms with Crippen LogP contribution in [0.3, 0.4) is 0 Å². The van der Waals surface area contributed by atoms with Gasteiger partial charge in [-0.15, -0.1) is 0 Å². The molecule has 2 saturated carbocycles. The minimum Gasteiger partial charge on any atom is -0.0836 e. The fourth-order valence-corrected chi connectivity index (χ4v) is 5.04. The zero-order chi connectivity index (χ0) is 17.6. The number of halogens is 4. The van der Waals surface area contributed by atoms with Gasteiger partial charge in [-0.05, 0) is 78.7 Å². The molecule has 2 aliphatic rings. The number of benzene rings is 2. The normalized spacial score (nSPS) is 25.3. The van der Waals surface area contributed by atoms with Gasteiger partial charge in [0.2, 0.25) is 0 Å². The summed E-state index contributed by atoms with van der Waals surface area (Å²) in [6.45, 7) is 0. The van der Waals surface area contributed by atoms with E-state index in [9.17, 15) is 0 Å². The molecule has 0 saturated heterocycles. The largest absolute Gasteiger partial charge is 0.0836 e. The highest BCUT2D eigenvalue weighted by atomic mass is 35.5. The van der Waals surface area contributed by atoms with Crippen LogP contribution in [0.25, 0.3) is 12.2 Å². The summed E-state index contributed by atoms with van der Waals surface area (Å²) in [6, 6.07) is 11.2. The van der Waals surface area contributed by atoms with Crippen molar-refractivity contribution in [1.82, 2.24) is 0 Å². The SMILES string of the molecule is Clc1cccc(Cl)c1C=C1C(=Cc2c(Cl)cccc2Cl)C2CCC1C2. The number of allylic oxidation sites excluding steroid dienone is 2. The maximum absolute atomic E-state index is 6.38. The molecule has 128 valence electrons. The molecule has 0 radical (unpaired) electrons. The smallest absolute Gasteiger partial charge is 0.0493 e. The third kappa shape index (κ3) is 3.26. The number of hydrogen-bond donors (Lipinski definition) is 0. The van der Waals surface area contributed by atoms with Crippen molar-refractivity contribution in [2.45, 2.75) is 19.3 Å². The molecule has 2 fully saturated rings. The van der Waals surface area contributed by atoms with Crippen LogP contribution in [0.15, 0.2) is 47.5 Å². The van der Waals surface area contributed by atoms with E-state index in [1.807, 2.05) is 36.4 Å². The van der Waals surface area contributed by atoms with Crippen LogP contribution in [-0.2, 0) is 0 Å². The van der Waals surface area contributed by atoms with Crippen LogP contribution in [0.1, 0.15) is 30.4 Å². The lowest BCUT2D eigenvalue weighted by molar-refractivity contribution is 0.660. The number of hydrogen-bond acceptors (Lipinski definition) is 0. The van der Waals surface area contributed by atoms with E-state index in [4.69, 9.17) is 46.4 Å². The van der Waals surface area contributed by atoms with Crippen molar-refractivity contribution in [2.75, 3.05) is 0 Å². The van der Waals surface area contributed by atoms with Gasteiger partial charge in [0.05, 0.1) is 0 Å². The molecule has 2 aromatic rings. The zero-order valence-corrected chi connectivity index (χ0v) is 16.4. The highest BCUT2D eigenvalue weighted by Crippen LogP contribution is 2.53. The van der Waals surface area contributed by atoms with Crippen molar-refractivity contribution in [3.8, 4) is 0 Å². The van der Waals surface area contributed by atoms with Gasteiger partial charge in [0.25, 0.3) is 0 Å². The molecule has 0 spiro atoms. The Balaban J connectivity index is 1.84. The Labute approximate surface area is 168 Å². The minimum atomic E-state index is 0.560. The molecule has 4 rings (SSSR count). The Morgan fingerprint density at radius 1 is 0.640 bits per heavy atom. The summed E-state index contributed by atoms with van der Waals surface area (Å²) in [5.74, 6) is 1.12. The second-order valence-corrected chi connectivity index (χ2v) is 8.31. The van der Waals surface area contributed by atoms with Gasteiger partial charge in [-0.2, -0.15) is 0 Å². The topological polar surface area (TPSA) is 0 Å². The van der Waals surface area contributed by atoms with Crippen molar-refractivity contribution in [3.63, 3.8) is 0 Å². The Hall–Kier alpha value is -0.920. The molecule has 4 heteroatoms. The average molecular weight is 410 g/mol. The lowest BCUT2D eigenvalue weighted by Crippen LogP contribution is -2.03. The van der Waals surface area contributed by atoms with Crippen LogP contribution < -0.4 is 0 Å². The monoisotopic (exact) mass is 408 g/mol. The van der Waals surface area contributed by atoms with E-state index in [2.05, 4.69) is 12.2 Å². The first-order chi connectivity index (χ1) is 12.0. The van der Waals surface area contributed by atoms with E-state index in [1.54, 1.807) is 0 Å². The van der Waals surface area contributed by atoms with Crippen molar-refractivity contribution in [3.05, 3.63) is 78.8 Å². The van der Waals surface area contributed by atoms with Crippen LogP contribution in [0.2, 0.25) is 20.1 Å². The van der Waals surface area contributed by atoms with Crippen LogP contribution in [0, 0.1) is 11.8 Å². The van der Waals surface area contributed by atoms with Crippen molar-refractivity contribution < 1.29 is 0 Å². The molecule has 2 atom stereocenters. The van der Waals surface area contributed by atoms with E-state index in [-0.39, 0.29) is 0 Å². The quantitative estimate of drug-likeness (QED) is 0.468. The molecule has 0 N–H and O–H groups in total. The summed E-state index contributed by atoms with van der Waals surface area (Å²) in [4.78, 5) is 0. The Morgan fingerprint density at radius 3 is 1.36 bits per heavy atom. The summed E-state index contributed by atoms with van der Waals surface area (Å²) in [5, 5.41) is 2.71. The molecule has 2 unspecified atom stereocenters. The van der Waals surface area contributed by atoms with E-state index < -0.39 is 0 Å². The van der Waals surface area contributed by atoms with Gasteiger partial charge in [-0.25, -0.2) is 0 Å². The first-order valence-electron chi connectivity index (χ1n) is 8.36. The average Bonchev–Trinajstić information content (AvgIpc) is 3.16. The highest BCUT2D eigenvalue weighted by molar-refractivity contribution is 6.37. The first-order valence-corrected chi connectivity index (χ1v) is 9.87. The maximum atomic E-state index is 6.38. The summed E-state index contributed by atoms with van der Waals surface area (Å²) >= 11 is 25.5. The molecule has 0 amide bonds. The number of rotatable bonds is 2. The highest BCUT2D eigenvalue weighted by Gasteiger charge is 2.39. The molecular weight excluding hydrogens is 394 g/mol. The van der Waals surface area contributed by atoms with Crippen molar-refractivity contribution in [2.24, 2.45) is 11.8 Å². The standard InChI is InChI=1S/C21H16Cl4/c22-18-3-1-4-19(23)16(18)10-14-12-7-8-13(9-12)15(14)11-17-20(24)5-2-6-21(17)25/h1-6,10-13H,7-9H2. The van der Waals surface area contributed by atoms with Gasteiger partial charge in [0, 0.05) is 31.2 Å². The third-order valence-corrected chi connectivity index (χ3v) is 6.56. The van der Waals surface area contributed by atoms with Gasteiger partial charge >= 0.3 is 0 Å². The molecule has 0 aliphatic heterocycles. The van der Waals surface area contributed by atoms with Crippen LogP contribution in [-0.4, -0.2) is 0 Å². The number of fused-ring (bicyclic) bond motifs is 2. The van der Waals surface area contributed by atoms with Crippen LogP contribution >= 0.6 is 46.4 Å². The summed E-state index contributed by atoms with van der Waals surface area (Å²) in [6.07, 6.45) is 7.93.